The van der Waals surface area contributed by atoms with Crippen molar-refractivity contribution >= 4 is 0 Å². The molecule has 1 saturated carbocycles. The molecule has 1 aliphatic rings. The number of benzene rings is 1. The van der Waals surface area contributed by atoms with Crippen LogP contribution in [-0.4, -0.2) is 17.3 Å². The molecule has 0 aromatic heterocycles. The maximum Gasteiger partial charge on any atom is 0.165 e. The molecule has 0 bridgehead atoms. The van der Waals surface area contributed by atoms with Gasteiger partial charge in [-0.25, -0.2) is 4.39 Å². The largest absolute Gasteiger partial charge is 0.485 e. The first kappa shape index (κ1) is 10.4. The van der Waals surface area contributed by atoms with Gasteiger partial charge in [0.2, 0.25) is 0 Å². The molecule has 1 aromatic carbocycles. The molecule has 82 valence electrons. The zero-order valence-electron chi connectivity index (χ0n) is 8.53. The molecule has 3 heteroatoms. The minimum absolute atomic E-state index is 0.239. The third-order valence-electron chi connectivity index (χ3n) is 2.78. The van der Waals surface area contributed by atoms with E-state index < -0.39 is 6.10 Å². The van der Waals surface area contributed by atoms with E-state index in [1.807, 2.05) is 0 Å². The third-order valence-corrected chi connectivity index (χ3v) is 2.78. The van der Waals surface area contributed by atoms with Gasteiger partial charge in [0.15, 0.2) is 11.6 Å². The highest BCUT2D eigenvalue weighted by atomic mass is 19.1. The quantitative estimate of drug-likeness (QED) is 0.812. The van der Waals surface area contributed by atoms with Crippen molar-refractivity contribution < 1.29 is 14.2 Å². The summed E-state index contributed by atoms with van der Waals surface area (Å²) in [4.78, 5) is 0. The van der Waals surface area contributed by atoms with Gasteiger partial charge in [-0.1, -0.05) is 18.6 Å². The summed E-state index contributed by atoms with van der Waals surface area (Å²) in [6.45, 7) is 0. The number of para-hydroxylation sites is 1. The summed E-state index contributed by atoms with van der Waals surface area (Å²) in [6, 6.07) is 6.31. The summed E-state index contributed by atoms with van der Waals surface area (Å²) >= 11 is 0. The van der Waals surface area contributed by atoms with E-state index >= 15 is 0 Å². The molecule has 1 N–H and O–H groups in total. The highest BCUT2D eigenvalue weighted by Gasteiger charge is 2.25. The number of ether oxygens (including phenoxy) is 1. The Hall–Kier alpha value is -1.09. The van der Waals surface area contributed by atoms with Gasteiger partial charge in [0, 0.05) is 0 Å². The average molecular weight is 210 g/mol. The lowest BCUT2D eigenvalue weighted by atomic mass is 9.95. The van der Waals surface area contributed by atoms with Gasteiger partial charge in [0.05, 0.1) is 6.10 Å². The normalized spacial score (nSPS) is 26.3. The van der Waals surface area contributed by atoms with Crippen LogP contribution in [0.2, 0.25) is 0 Å². The fourth-order valence-corrected chi connectivity index (χ4v) is 1.92. The van der Waals surface area contributed by atoms with Crippen LogP contribution < -0.4 is 4.74 Å². The molecule has 1 fully saturated rings. The number of hydrogen-bond donors (Lipinski definition) is 1. The van der Waals surface area contributed by atoms with Crippen LogP contribution in [0.5, 0.6) is 5.75 Å². The second-order valence-electron chi connectivity index (χ2n) is 3.94. The molecule has 0 amide bonds. The topological polar surface area (TPSA) is 29.5 Å². The molecular weight excluding hydrogens is 195 g/mol. The van der Waals surface area contributed by atoms with E-state index in [1.165, 1.54) is 6.07 Å². The summed E-state index contributed by atoms with van der Waals surface area (Å²) < 4.78 is 18.7. The van der Waals surface area contributed by atoms with E-state index in [0.29, 0.717) is 0 Å². The number of hydrogen-bond acceptors (Lipinski definition) is 2. The predicted molar refractivity (Wildman–Crippen MR) is 55.3 cm³/mol. The zero-order valence-corrected chi connectivity index (χ0v) is 8.53. The molecule has 2 nitrogen and oxygen atoms in total. The van der Waals surface area contributed by atoms with Gasteiger partial charge in [-0.15, -0.1) is 0 Å². The van der Waals surface area contributed by atoms with E-state index in [0.717, 1.165) is 25.7 Å². The van der Waals surface area contributed by atoms with Gasteiger partial charge < -0.3 is 9.84 Å². The van der Waals surface area contributed by atoms with Crippen molar-refractivity contribution in [3.05, 3.63) is 30.1 Å². The first-order valence-electron chi connectivity index (χ1n) is 5.36. The highest BCUT2D eigenvalue weighted by molar-refractivity contribution is 5.24. The summed E-state index contributed by atoms with van der Waals surface area (Å²) in [5.41, 5.74) is 0. The van der Waals surface area contributed by atoms with Crippen molar-refractivity contribution in [3.8, 4) is 5.75 Å². The summed E-state index contributed by atoms with van der Waals surface area (Å²) in [5, 5.41) is 9.67. The van der Waals surface area contributed by atoms with Gasteiger partial charge >= 0.3 is 0 Å². The molecule has 15 heavy (non-hydrogen) atoms. The smallest absolute Gasteiger partial charge is 0.165 e. The standard InChI is InChI=1S/C12H15FO2/c13-9-5-1-3-7-11(9)15-12-8-4-2-6-10(12)14/h1,3,5,7,10,12,14H,2,4,6,8H2. The zero-order chi connectivity index (χ0) is 10.7. The lowest BCUT2D eigenvalue weighted by molar-refractivity contribution is 0.00500. The van der Waals surface area contributed by atoms with Crippen LogP contribution in [0.3, 0.4) is 0 Å². The third kappa shape index (κ3) is 2.48. The SMILES string of the molecule is OC1CCCCC1Oc1ccccc1F. The fraction of sp³-hybridized carbons (Fsp3) is 0.500. The molecule has 0 saturated heterocycles. The van der Waals surface area contributed by atoms with E-state index in [-0.39, 0.29) is 17.7 Å². The maximum absolute atomic E-state index is 13.3. The van der Waals surface area contributed by atoms with E-state index in [4.69, 9.17) is 4.74 Å². The molecule has 2 unspecified atom stereocenters. The fourth-order valence-electron chi connectivity index (χ4n) is 1.92. The van der Waals surface area contributed by atoms with E-state index in [9.17, 15) is 9.50 Å². The molecule has 0 heterocycles. The Morgan fingerprint density at radius 1 is 1.20 bits per heavy atom. The van der Waals surface area contributed by atoms with Gasteiger partial charge in [-0.2, -0.15) is 0 Å². The van der Waals surface area contributed by atoms with Crippen molar-refractivity contribution in [2.45, 2.75) is 37.9 Å². The Labute approximate surface area is 88.7 Å². The van der Waals surface area contributed by atoms with E-state index in [1.54, 1.807) is 18.2 Å². The van der Waals surface area contributed by atoms with Gasteiger partial charge in [0.1, 0.15) is 6.10 Å². The first-order chi connectivity index (χ1) is 7.27. The van der Waals surface area contributed by atoms with Crippen molar-refractivity contribution in [1.82, 2.24) is 0 Å². The minimum Gasteiger partial charge on any atom is -0.485 e. The molecule has 1 aromatic rings. The monoisotopic (exact) mass is 210 g/mol. The summed E-state index contributed by atoms with van der Waals surface area (Å²) in [5.74, 6) is -0.126. The first-order valence-corrected chi connectivity index (χ1v) is 5.36. The van der Waals surface area contributed by atoms with Crippen molar-refractivity contribution in [2.75, 3.05) is 0 Å². The van der Waals surface area contributed by atoms with Gasteiger partial charge in [0.25, 0.3) is 0 Å². The number of aliphatic hydroxyl groups excluding tert-OH is 1. The molecule has 0 radical (unpaired) electrons. The number of rotatable bonds is 2. The summed E-state index contributed by atoms with van der Waals surface area (Å²) in [7, 11) is 0. The Bertz CT molecular complexity index is 327. The van der Waals surface area contributed by atoms with Crippen LogP contribution in [0.15, 0.2) is 24.3 Å². The Morgan fingerprint density at radius 3 is 2.67 bits per heavy atom. The molecule has 0 aliphatic heterocycles. The minimum atomic E-state index is -0.460. The van der Waals surface area contributed by atoms with Crippen LogP contribution in [0, 0.1) is 5.82 Å². The summed E-state index contributed by atoms with van der Waals surface area (Å²) in [6.07, 6.45) is 2.90. The van der Waals surface area contributed by atoms with Crippen LogP contribution in [0.1, 0.15) is 25.7 Å². The second kappa shape index (κ2) is 4.62. The van der Waals surface area contributed by atoms with Crippen LogP contribution in [0.4, 0.5) is 4.39 Å². The molecule has 2 atom stereocenters. The van der Waals surface area contributed by atoms with Crippen molar-refractivity contribution in [1.29, 1.82) is 0 Å². The second-order valence-corrected chi connectivity index (χ2v) is 3.94. The Morgan fingerprint density at radius 2 is 1.93 bits per heavy atom. The van der Waals surface area contributed by atoms with Crippen LogP contribution >= 0.6 is 0 Å². The molecule has 1 aliphatic carbocycles. The molecule has 2 rings (SSSR count). The predicted octanol–water partition coefficient (Wildman–Crippen LogP) is 2.51. The molecule has 0 spiro atoms. The maximum atomic E-state index is 13.3. The number of aliphatic hydroxyl groups is 1. The van der Waals surface area contributed by atoms with E-state index in [2.05, 4.69) is 0 Å². The van der Waals surface area contributed by atoms with Crippen LogP contribution in [-0.2, 0) is 0 Å². The van der Waals surface area contributed by atoms with Crippen molar-refractivity contribution in [3.63, 3.8) is 0 Å². The average Bonchev–Trinajstić information content (AvgIpc) is 2.24. The number of halogens is 1. The highest BCUT2D eigenvalue weighted by Crippen LogP contribution is 2.25. The molecular formula is C12H15FO2. The van der Waals surface area contributed by atoms with Gasteiger partial charge in [-0.3, -0.25) is 0 Å². The van der Waals surface area contributed by atoms with Crippen LogP contribution in [0.25, 0.3) is 0 Å². The van der Waals surface area contributed by atoms with Crippen molar-refractivity contribution in [2.24, 2.45) is 0 Å². The Balaban J connectivity index is 2.04. The lowest BCUT2D eigenvalue weighted by Gasteiger charge is -2.28. The van der Waals surface area contributed by atoms with Gasteiger partial charge in [-0.05, 0) is 31.4 Å². The lowest BCUT2D eigenvalue weighted by Crippen LogP contribution is -2.34. The Kier molecular flexibility index (Phi) is 3.21.